The summed E-state index contributed by atoms with van der Waals surface area (Å²) in [5, 5.41) is 0.374. The fraction of sp³-hybridized carbons (Fsp3) is 1.00. The van der Waals surface area contributed by atoms with E-state index < -0.39 is 0 Å². The molecule has 0 aliphatic carbocycles. The zero-order chi connectivity index (χ0) is 12.1. The van der Waals surface area contributed by atoms with E-state index in [2.05, 4.69) is 6.92 Å². The van der Waals surface area contributed by atoms with Crippen molar-refractivity contribution in [3.8, 4) is 0 Å². The number of hydrogen-bond donors (Lipinski definition) is 0. The van der Waals surface area contributed by atoms with E-state index in [1.165, 1.54) is 25.7 Å². The Bertz CT molecular complexity index is 226. The number of ether oxygens (including phenoxy) is 2. The van der Waals surface area contributed by atoms with Gasteiger partial charge in [-0.1, -0.05) is 13.3 Å². The molecule has 17 heavy (non-hydrogen) atoms. The molecule has 0 radical (unpaired) electrons. The fourth-order valence-electron chi connectivity index (χ4n) is 3.11. The molecule has 0 amide bonds. The first-order valence-corrected chi connectivity index (χ1v) is 7.53. The maximum absolute atomic E-state index is 6.30. The van der Waals surface area contributed by atoms with Crippen LogP contribution in [0.1, 0.15) is 51.9 Å². The van der Waals surface area contributed by atoms with Gasteiger partial charge >= 0.3 is 0 Å². The Morgan fingerprint density at radius 1 is 1.35 bits per heavy atom. The summed E-state index contributed by atoms with van der Waals surface area (Å²) >= 11 is 6.30. The molecule has 2 aliphatic rings. The van der Waals surface area contributed by atoms with Crippen LogP contribution in [0.15, 0.2) is 0 Å². The third-order valence-electron chi connectivity index (χ3n) is 4.15. The van der Waals surface area contributed by atoms with Gasteiger partial charge in [0.15, 0.2) is 0 Å². The standard InChI is InChI=1S/C14H25ClO2/c1-2-3-13(15)5-4-12-6-8-17-14(10-12)7-9-16-11-14/h12-13H,2-11H2,1H3. The van der Waals surface area contributed by atoms with Crippen LogP contribution in [0.25, 0.3) is 0 Å². The number of alkyl halides is 1. The molecule has 2 nitrogen and oxygen atoms in total. The highest BCUT2D eigenvalue weighted by Crippen LogP contribution is 2.37. The molecule has 0 bridgehead atoms. The van der Waals surface area contributed by atoms with Crippen molar-refractivity contribution in [1.82, 2.24) is 0 Å². The molecule has 2 fully saturated rings. The fourth-order valence-corrected chi connectivity index (χ4v) is 3.46. The second kappa shape index (κ2) is 6.40. The molecule has 3 heteroatoms. The molecule has 2 aliphatic heterocycles. The van der Waals surface area contributed by atoms with Crippen LogP contribution >= 0.6 is 11.6 Å². The number of rotatable bonds is 5. The van der Waals surface area contributed by atoms with Crippen molar-refractivity contribution in [3.05, 3.63) is 0 Å². The van der Waals surface area contributed by atoms with Crippen LogP contribution in [0, 0.1) is 5.92 Å². The lowest BCUT2D eigenvalue weighted by Crippen LogP contribution is -2.40. The van der Waals surface area contributed by atoms with Gasteiger partial charge in [0.1, 0.15) is 0 Å². The van der Waals surface area contributed by atoms with Gasteiger partial charge < -0.3 is 9.47 Å². The Morgan fingerprint density at radius 2 is 2.24 bits per heavy atom. The monoisotopic (exact) mass is 260 g/mol. The average Bonchev–Trinajstić information content (AvgIpc) is 2.75. The summed E-state index contributed by atoms with van der Waals surface area (Å²) in [7, 11) is 0. The topological polar surface area (TPSA) is 18.5 Å². The second-order valence-corrected chi connectivity index (χ2v) is 6.27. The minimum absolute atomic E-state index is 0.0650. The molecule has 3 atom stereocenters. The van der Waals surface area contributed by atoms with Gasteiger partial charge in [-0.05, 0) is 38.0 Å². The van der Waals surface area contributed by atoms with Crippen molar-refractivity contribution in [2.45, 2.75) is 62.8 Å². The molecule has 2 saturated heterocycles. The lowest BCUT2D eigenvalue weighted by Gasteiger charge is -2.37. The third kappa shape index (κ3) is 3.84. The minimum Gasteiger partial charge on any atom is -0.378 e. The largest absolute Gasteiger partial charge is 0.378 e. The van der Waals surface area contributed by atoms with Crippen molar-refractivity contribution in [2.75, 3.05) is 19.8 Å². The summed E-state index contributed by atoms with van der Waals surface area (Å²) in [5.74, 6) is 0.795. The quantitative estimate of drug-likeness (QED) is 0.701. The van der Waals surface area contributed by atoms with E-state index >= 15 is 0 Å². The number of halogens is 1. The second-order valence-electron chi connectivity index (χ2n) is 5.66. The van der Waals surface area contributed by atoms with E-state index in [4.69, 9.17) is 21.1 Å². The molecule has 0 saturated carbocycles. The summed E-state index contributed by atoms with van der Waals surface area (Å²) in [6.45, 7) is 4.80. The first kappa shape index (κ1) is 13.6. The molecular weight excluding hydrogens is 236 g/mol. The highest BCUT2D eigenvalue weighted by Gasteiger charge is 2.40. The minimum atomic E-state index is 0.0650. The van der Waals surface area contributed by atoms with Crippen LogP contribution < -0.4 is 0 Å². The SMILES string of the molecule is CCCC(Cl)CCC1CCOC2(CCOC2)C1. The lowest BCUT2D eigenvalue weighted by atomic mass is 9.82. The molecule has 1 spiro atoms. The predicted molar refractivity (Wildman–Crippen MR) is 70.6 cm³/mol. The Morgan fingerprint density at radius 3 is 2.94 bits per heavy atom. The van der Waals surface area contributed by atoms with Gasteiger partial charge in [0.25, 0.3) is 0 Å². The van der Waals surface area contributed by atoms with E-state index in [1.54, 1.807) is 0 Å². The lowest BCUT2D eigenvalue weighted by molar-refractivity contribution is -0.0989. The van der Waals surface area contributed by atoms with Crippen LogP contribution in [-0.4, -0.2) is 30.8 Å². The summed E-state index contributed by atoms with van der Waals surface area (Å²) in [4.78, 5) is 0. The third-order valence-corrected chi connectivity index (χ3v) is 4.59. The van der Waals surface area contributed by atoms with Crippen LogP contribution in [0.5, 0.6) is 0 Å². The molecule has 2 rings (SSSR count). The Hall–Kier alpha value is 0.210. The molecule has 0 aromatic carbocycles. The molecule has 2 heterocycles. The highest BCUT2D eigenvalue weighted by molar-refractivity contribution is 6.20. The first-order chi connectivity index (χ1) is 8.24. The van der Waals surface area contributed by atoms with E-state index in [1.807, 2.05) is 0 Å². The first-order valence-electron chi connectivity index (χ1n) is 7.10. The van der Waals surface area contributed by atoms with Crippen LogP contribution in [0.2, 0.25) is 0 Å². The summed E-state index contributed by atoms with van der Waals surface area (Å²) < 4.78 is 11.5. The molecule has 0 aromatic heterocycles. The van der Waals surface area contributed by atoms with E-state index in [0.717, 1.165) is 45.0 Å². The maximum Gasteiger partial charge on any atom is 0.0939 e. The van der Waals surface area contributed by atoms with Gasteiger partial charge in [0, 0.05) is 25.0 Å². The van der Waals surface area contributed by atoms with Crippen LogP contribution in [0.3, 0.4) is 0 Å². The van der Waals surface area contributed by atoms with Gasteiger partial charge in [0.05, 0.1) is 12.2 Å². The summed E-state index contributed by atoms with van der Waals surface area (Å²) in [5.41, 5.74) is 0.0650. The Balaban J connectivity index is 1.74. The van der Waals surface area contributed by atoms with Gasteiger partial charge in [-0.3, -0.25) is 0 Å². The zero-order valence-electron chi connectivity index (χ0n) is 10.9. The van der Waals surface area contributed by atoms with Gasteiger partial charge in [-0.15, -0.1) is 11.6 Å². The van der Waals surface area contributed by atoms with Crippen molar-refractivity contribution >= 4 is 11.6 Å². The summed E-state index contributed by atoms with van der Waals surface area (Å²) in [6.07, 6.45) is 8.25. The molecule has 0 aromatic rings. The van der Waals surface area contributed by atoms with Crippen LogP contribution in [-0.2, 0) is 9.47 Å². The van der Waals surface area contributed by atoms with Crippen molar-refractivity contribution < 1.29 is 9.47 Å². The average molecular weight is 261 g/mol. The van der Waals surface area contributed by atoms with Crippen LogP contribution in [0.4, 0.5) is 0 Å². The maximum atomic E-state index is 6.30. The molecule has 0 N–H and O–H groups in total. The smallest absolute Gasteiger partial charge is 0.0939 e. The normalized spacial score (nSPS) is 35.3. The van der Waals surface area contributed by atoms with E-state index in [9.17, 15) is 0 Å². The Labute approximate surface area is 110 Å². The van der Waals surface area contributed by atoms with E-state index in [-0.39, 0.29) is 5.60 Å². The highest BCUT2D eigenvalue weighted by atomic mass is 35.5. The molecule has 100 valence electrons. The predicted octanol–water partition coefficient (Wildman–Crippen LogP) is 3.76. The molecular formula is C14H25ClO2. The van der Waals surface area contributed by atoms with Gasteiger partial charge in [-0.2, -0.15) is 0 Å². The Kier molecular flexibility index (Phi) is 5.13. The van der Waals surface area contributed by atoms with Crippen molar-refractivity contribution in [2.24, 2.45) is 5.92 Å². The van der Waals surface area contributed by atoms with E-state index in [0.29, 0.717) is 5.38 Å². The number of hydrogen-bond acceptors (Lipinski definition) is 2. The molecule has 3 unspecified atom stereocenters. The van der Waals surface area contributed by atoms with Crippen molar-refractivity contribution in [1.29, 1.82) is 0 Å². The van der Waals surface area contributed by atoms with Crippen molar-refractivity contribution in [3.63, 3.8) is 0 Å². The van der Waals surface area contributed by atoms with Gasteiger partial charge in [-0.25, -0.2) is 0 Å². The zero-order valence-corrected chi connectivity index (χ0v) is 11.7. The summed E-state index contributed by atoms with van der Waals surface area (Å²) in [6, 6.07) is 0. The van der Waals surface area contributed by atoms with Gasteiger partial charge in [0.2, 0.25) is 0 Å².